The molecule has 0 fully saturated rings. The van der Waals surface area contributed by atoms with Gasteiger partial charge in [-0.15, -0.1) is 80.7 Å². The molecule has 0 saturated heterocycles. The predicted molar refractivity (Wildman–Crippen MR) is 171 cm³/mol. The molecule has 37 heavy (non-hydrogen) atoms. The van der Waals surface area contributed by atoms with E-state index in [1.54, 1.807) is 10.6 Å². The van der Waals surface area contributed by atoms with Gasteiger partial charge in [0, 0.05) is 0 Å². The standard InChI is InChI=1S/2C17H24P.Ti/c2*1-16(2,3)18(17(4,5)6)15-11-13-9-7-8-10-14(13)12-15;/h2*7-12H,1-6H3;/q2*-1;+2. The second-order valence-electron chi connectivity index (χ2n) is 14.0. The molecule has 0 nitrogen and oxygen atoms in total. The molecule has 0 bridgehead atoms. The maximum absolute atomic E-state index is 2.40. The van der Waals surface area contributed by atoms with Crippen molar-refractivity contribution in [2.45, 2.75) is 104 Å². The number of fused-ring (bicyclic) bond motifs is 2. The van der Waals surface area contributed by atoms with Gasteiger partial charge in [-0.05, 0) is 20.6 Å². The molecule has 0 N–H and O–H groups in total. The van der Waals surface area contributed by atoms with Crippen molar-refractivity contribution < 1.29 is 21.7 Å². The van der Waals surface area contributed by atoms with Gasteiger partial charge in [0.2, 0.25) is 0 Å². The van der Waals surface area contributed by atoms with Gasteiger partial charge in [0.05, 0.1) is 0 Å². The molecule has 0 unspecified atom stereocenters. The summed E-state index contributed by atoms with van der Waals surface area (Å²) in [5.74, 6) is 0. The van der Waals surface area contributed by atoms with Crippen LogP contribution in [-0.4, -0.2) is 20.6 Å². The van der Waals surface area contributed by atoms with E-state index in [9.17, 15) is 0 Å². The number of hydrogen-bond donors (Lipinski definition) is 0. The Morgan fingerprint density at radius 1 is 0.459 bits per heavy atom. The van der Waals surface area contributed by atoms with Crippen LogP contribution in [0, 0.1) is 0 Å². The fourth-order valence-corrected chi connectivity index (χ4v) is 14.3. The summed E-state index contributed by atoms with van der Waals surface area (Å²) in [5.41, 5.74) is 0. The van der Waals surface area contributed by atoms with Crippen LogP contribution in [0.4, 0.5) is 0 Å². The van der Waals surface area contributed by atoms with E-state index in [4.69, 9.17) is 0 Å². The Bertz CT molecular complexity index is 1080. The van der Waals surface area contributed by atoms with E-state index in [1.165, 1.54) is 21.5 Å². The van der Waals surface area contributed by atoms with Crippen LogP contribution in [0.15, 0.2) is 72.8 Å². The molecule has 0 heterocycles. The monoisotopic (exact) mass is 566 g/mol. The molecule has 0 aliphatic rings. The van der Waals surface area contributed by atoms with Crippen molar-refractivity contribution in [1.29, 1.82) is 0 Å². The first-order chi connectivity index (χ1) is 16.4. The maximum atomic E-state index is 2.40. The molecule has 4 aromatic rings. The number of benzene rings is 2. The first-order valence-electron chi connectivity index (χ1n) is 13.3. The van der Waals surface area contributed by atoms with E-state index in [0.29, 0.717) is 20.6 Å². The fraction of sp³-hybridized carbons (Fsp3) is 0.471. The average molecular weight is 567 g/mol. The minimum absolute atomic E-state index is 0. The van der Waals surface area contributed by atoms with Gasteiger partial charge >= 0.3 is 21.7 Å². The smallest absolute Gasteiger partial charge is 0.160 e. The second kappa shape index (κ2) is 11.8. The van der Waals surface area contributed by atoms with Gasteiger partial charge in [-0.1, -0.05) is 111 Å². The van der Waals surface area contributed by atoms with Crippen LogP contribution in [0.25, 0.3) is 21.5 Å². The van der Waals surface area contributed by atoms with E-state index in [1.807, 2.05) is 0 Å². The number of rotatable bonds is 2. The van der Waals surface area contributed by atoms with Crippen molar-refractivity contribution in [3.8, 4) is 0 Å². The molecule has 4 aromatic carbocycles. The first kappa shape index (κ1) is 32.4. The van der Waals surface area contributed by atoms with E-state index >= 15 is 0 Å². The fourth-order valence-electron chi connectivity index (χ4n) is 6.09. The first-order valence-corrected chi connectivity index (χ1v) is 16.0. The average Bonchev–Trinajstić information content (AvgIpc) is 3.26. The molecule has 0 aromatic heterocycles. The largest absolute Gasteiger partial charge is 2.00 e. The predicted octanol–water partition coefficient (Wildman–Crippen LogP) is 10.5. The van der Waals surface area contributed by atoms with E-state index in [-0.39, 0.29) is 37.6 Å². The Hall–Kier alpha value is -0.766. The molecule has 0 radical (unpaired) electrons. The summed E-state index contributed by atoms with van der Waals surface area (Å²) < 4.78 is 0. The summed E-state index contributed by atoms with van der Waals surface area (Å²) in [7, 11) is -0.369. The molecule has 0 atom stereocenters. The molecular weight excluding hydrogens is 518 g/mol. The topological polar surface area (TPSA) is 0 Å². The maximum Gasteiger partial charge on any atom is 2.00 e. The summed E-state index contributed by atoms with van der Waals surface area (Å²) in [6.45, 7) is 28.5. The zero-order valence-corrected chi connectivity index (χ0v) is 28.7. The van der Waals surface area contributed by atoms with Crippen molar-refractivity contribution in [2.75, 3.05) is 0 Å². The van der Waals surface area contributed by atoms with Gasteiger partial charge in [-0.2, -0.15) is 12.1 Å². The molecule has 0 amide bonds. The molecule has 0 aliphatic carbocycles. The molecule has 3 heteroatoms. The Kier molecular flexibility index (Phi) is 10.3. The second-order valence-corrected chi connectivity index (χ2v) is 21.8. The van der Waals surface area contributed by atoms with Crippen molar-refractivity contribution in [3.63, 3.8) is 0 Å². The van der Waals surface area contributed by atoms with Crippen LogP contribution >= 0.6 is 15.8 Å². The summed E-state index contributed by atoms with van der Waals surface area (Å²) in [6.07, 6.45) is 0. The van der Waals surface area contributed by atoms with Crippen LogP contribution in [-0.2, 0) is 21.7 Å². The van der Waals surface area contributed by atoms with Crippen LogP contribution < -0.4 is 10.6 Å². The summed E-state index contributed by atoms with van der Waals surface area (Å²) in [5, 5.41) is 10.0. The third-order valence-corrected chi connectivity index (χ3v) is 13.3. The minimum Gasteiger partial charge on any atom is -0.160 e. The van der Waals surface area contributed by atoms with E-state index in [0.717, 1.165) is 0 Å². The summed E-state index contributed by atoms with van der Waals surface area (Å²) in [4.78, 5) is 0. The molecule has 0 saturated carbocycles. The van der Waals surface area contributed by atoms with Crippen LogP contribution in [0.3, 0.4) is 0 Å². The molecule has 198 valence electrons. The van der Waals surface area contributed by atoms with Crippen molar-refractivity contribution in [1.82, 2.24) is 0 Å². The van der Waals surface area contributed by atoms with Gasteiger partial charge < -0.3 is 0 Å². The van der Waals surface area contributed by atoms with Gasteiger partial charge in [-0.25, -0.2) is 0 Å². The van der Waals surface area contributed by atoms with Crippen LogP contribution in [0.1, 0.15) is 83.1 Å². The zero-order valence-electron chi connectivity index (χ0n) is 25.3. The van der Waals surface area contributed by atoms with Crippen molar-refractivity contribution >= 4 is 48.0 Å². The van der Waals surface area contributed by atoms with Crippen molar-refractivity contribution in [3.05, 3.63) is 72.8 Å². The van der Waals surface area contributed by atoms with Crippen LogP contribution in [0.5, 0.6) is 0 Å². The Morgan fingerprint density at radius 3 is 0.973 bits per heavy atom. The van der Waals surface area contributed by atoms with E-state index in [2.05, 4.69) is 156 Å². The quantitative estimate of drug-likeness (QED) is 0.129. The SMILES string of the molecule is CC(C)(C)P(c1cc2ccccc2[cH-]1)C(C)(C)C.CC(C)(C)P(c1cc2ccccc2[cH-]1)C(C)(C)C.[Ti+2]. The third-order valence-electron chi connectivity index (χ3n) is 6.41. The molecule has 0 spiro atoms. The molecule has 0 aliphatic heterocycles. The zero-order chi connectivity index (χ0) is 27.1. The summed E-state index contributed by atoms with van der Waals surface area (Å²) in [6, 6.07) is 27.0. The molecular formula is C34H48P2Ti. The Balaban J connectivity index is 0.000000253. The third kappa shape index (κ3) is 8.12. The normalized spacial score (nSPS) is 13.1. The van der Waals surface area contributed by atoms with Crippen molar-refractivity contribution in [2.24, 2.45) is 0 Å². The number of hydrogen-bond acceptors (Lipinski definition) is 0. The van der Waals surface area contributed by atoms with Gasteiger partial charge in [0.25, 0.3) is 0 Å². The minimum atomic E-state index is -0.185. The molecule has 4 rings (SSSR count). The Morgan fingerprint density at radius 2 is 0.730 bits per heavy atom. The van der Waals surface area contributed by atoms with Gasteiger partial charge in [0.1, 0.15) is 0 Å². The summed E-state index contributed by atoms with van der Waals surface area (Å²) >= 11 is 0. The van der Waals surface area contributed by atoms with Gasteiger partial charge in [-0.3, -0.25) is 0 Å². The van der Waals surface area contributed by atoms with E-state index < -0.39 is 0 Å². The Labute approximate surface area is 245 Å². The van der Waals surface area contributed by atoms with Gasteiger partial charge in [0.15, 0.2) is 0 Å². The van der Waals surface area contributed by atoms with Crippen LogP contribution in [0.2, 0.25) is 0 Å².